The largest absolute Gasteiger partial charge is 0.508 e. The van der Waals surface area contributed by atoms with Crippen molar-refractivity contribution in [1.82, 2.24) is 0 Å². The van der Waals surface area contributed by atoms with Crippen LogP contribution in [0.15, 0.2) is 30.3 Å². The van der Waals surface area contributed by atoms with Gasteiger partial charge in [-0.1, -0.05) is 0 Å². The minimum absolute atomic E-state index is 0.00544. The van der Waals surface area contributed by atoms with E-state index in [1.54, 1.807) is 19.9 Å². The molecule has 5 heteroatoms. The number of hydrogen-bond donors (Lipinski definition) is 3. The van der Waals surface area contributed by atoms with E-state index in [9.17, 15) is 24.9 Å². The third kappa shape index (κ3) is 1.83. The summed E-state index contributed by atoms with van der Waals surface area (Å²) in [5, 5.41) is 31.5. The Labute approximate surface area is 142 Å². The lowest BCUT2D eigenvalue weighted by Gasteiger charge is -2.24. The number of aryl methyl sites for hydroxylation is 1. The van der Waals surface area contributed by atoms with E-state index in [2.05, 4.69) is 0 Å². The van der Waals surface area contributed by atoms with Gasteiger partial charge in [0.05, 0.1) is 0 Å². The highest BCUT2D eigenvalue weighted by Gasteiger charge is 2.34. The summed E-state index contributed by atoms with van der Waals surface area (Å²) in [6.45, 7) is 3.34. The number of ketones is 2. The summed E-state index contributed by atoms with van der Waals surface area (Å²) in [5.41, 5.74) is 2.15. The number of carbonyl (C=O) groups is 2. The maximum atomic E-state index is 12.6. The number of aromatic hydroxyl groups is 3. The Bertz CT molecular complexity index is 1130. The van der Waals surface area contributed by atoms with E-state index in [0.717, 1.165) is 0 Å². The highest BCUT2D eigenvalue weighted by Crippen LogP contribution is 2.47. The van der Waals surface area contributed by atoms with Gasteiger partial charge >= 0.3 is 0 Å². The third-order valence-corrected chi connectivity index (χ3v) is 4.89. The van der Waals surface area contributed by atoms with Crippen molar-refractivity contribution in [2.24, 2.45) is 0 Å². The second kappa shape index (κ2) is 4.83. The van der Waals surface area contributed by atoms with Crippen molar-refractivity contribution in [3.05, 3.63) is 52.6 Å². The Morgan fingerprint density at radius 1 is 0.680 bits per heavy atom. The SMILES string of the molecule is Cc1c(O)ccc2c1-c1c(cc(O)c3ccc(O)c(C)c13)C(=O)C2=O. The first-order chi connectivity index (χ1) is 11.8. The smallest absolute Gasteiger partial charge is 0.234 e. The Hall–Kier alpha value is -3.34. The highest BCUT2D eigenvalue weighted by atomic mass is 16.3. The quantitative estimate of drug-likeness (QED) is 0.546. The van der Waals surface area contributed by atoms with Gasteiger partial charge in [-0.05, 0) is 55.3 Å². The van der Waals surface area contributed by atoms with Crippen LogP contribution >= 0.6 is 0 Å². The molecule has 0 fully saturated rings. The topological polar surface area (TPSA) is 94.8 Å². The molecule has 0 aliphatic heterocycles. The summed E-state index contributed by atoms with van der Waals surface area (Å²) in [6.07, 6.45) is 0. The Morgan fingerprint density at radius 3 is 2.00 bits per heavy atom. The first-order valence-electron chi connectivity index (χ1n) is 7.73. The molecule has 1 aliphatic carbocycles. The Morgan fingerprint density at radius 2 is 1.28 bits per heavy atom. The van der Waals surface area contributed by atoms with E-state index in [4.69, 9.17) is 0 Å². The van der Waals surface area contributed by atoms with E-state index >= 15 is 0 Å². The van der Waals surface area contributed by atoms with Gasteiger partial charge in [0.2, 0.25) is 11.6 Å². The molecule has 0 spiro atoms. The summed E-state index contributed by atoms with van der Waals surface area (Å²) in [6, 6.07) is 7.12. The van der Waals surface area contributed by atoms with Crippen LogP contribution in [0.25, 0.3) is 21.9 Å². The van der Waals surface area contributed by atoms with Gasteiger partial charge in [0, 0.05) is 33.0 Å². The van der Waals surface area contributed by atoms with Gasteiger partial charge in [-0.25, -0.2) is 0 Å². The number of phenols is 3. The van der Waals surface area contributed by atoms with E-state index in [-0.39, 0.29) is 28.4 Å². The number of phenolic OH excluding ortho intramolecular Hbond substituents is 3. The molecular weight excluding hydrogens is 320 g/mol. The monoisotopic (exact) mass is 334 g/mol. The molecule has 3 aromatic rings. The average molecular weight is 334 g/mol. The zero-order chi connectivity index (χ0) is 18.0. The second-order valence-corrected chi connectivity index (χ2v) is 6.24. The lowest BCUT2D eigenvalue weighted by molar-refractivity contribution is 0.0815. The van der Waals surface area contributed by atoms with Crippen LogP contribution in [0.1, 0.15) is 31.8 Å². The Balaban J connectivity index is 2.33. The highest BCUT2D eigenvalue weighted by molar-refractivity contribution is 6.54. The summed E-state index contributed by atoms with van der Waals surface area (Å²) >= 11 is 0. The van der Waals surface area contributed by atoms with Crippen molar-refractivity contribution in [2.75, 3.05) is 0 Å². The zero-order valence-corrected chi connectivity index (χ0v) is 13.5. The van der Waals surface area contributed by atoms with Crippen LogP contribution in [-0.2, 0) is 0 Å². The number of rotatable bonds is 0. The molecule has 3 aromatic carbocycles. The van der Waals surface area contributed by atoms with Crippen LogP contribution in [0, 0.1) is 13.8 Å². The molecule has 0 atom stereocenters. The maximum absolute atomic E-state index is 12.6. The van der Waals surface area contributed by atoms with Gasteiger partial charge in [0.15, 0.2) is 0 Å². The maximum Gasteiger partial charge on any atom is 0.234 e. The van der Waals surface area contributed by atoms with Crippen molar-refractivity contribution in [3.63, 3.8) is 0 Å². The van der Waals surface area contributed by atoms with E-state index < -0.39 is 11.6 Å². The zero-order valence-electron chi connectivity index (χ0n) is 13.5. The minimum atomic E-state index is -0.715. The van der Waals surface area contributed by atoms with Gasteiger partial charge in [-0.2, -0.15) is 0 Å². The van der Waals surface area contributed by atoms with Gasteiger partial charge < -0.3 is 15.3 Å². The molecular formula is C20H14O5. The molecule has 0 amide bonds. The van der Waals surface area contributed by atoms with E-state index in [1.807, 2.05) is 0 Å². The van der Waals surface area contributed by atoms with Crippen molar-refractivity contribution in [1.29, 1.82) is 0 Å². The van der Waals surface area contributed by atoms with Crippen molar-refractivity contribution < 1.29 is 24.9 Å². The predicted molar refractivity (Wildman–Crippen MR) is 92.5 cm³/mol. The molecule has 4 rings (SSSR count). The van der Waals surface area contributed by atoms with Crippen LogP contribution in [0.2, 0.25) is 0 Å². The molecule has 5 nitrogen and oxygen atoms in total. The molecule has 0 unspecified atom stereocenters. The van der Waals surface area contributed by atoms with Crippen LogP contribution in [0.4, 0.5) is 0 Å². The van der Waals surface area contributed by atoms with Crippen molar-refractivity contribution in [2.45, 2.75) is 13.8 Å². The standard InChI is InChI=1S/C20H14O5/c1-8-13(21)5-3-10-15(23)7-12-18(16(8)10)17-9(2)14(22)6-4-11(17)19(24)20(12)25/h3-7,21-23H,1-2H3. The third-order valence-electron chi connectivity index (χ3n) is 4.89. The minimum Gasteiger partial charge on any atom is -0.508 e. The summed E-state index contributed by atoms with van der Waals surface area (Å²) in [7, 11) is 0. The van der Waals surface area contributed by atoms with Crippen LogP contribution in [0.5, 0.6) is 17.2 Å². The van der Waals surface area contributed by atoms with Crippen LogP contribution < -0.4 is 0 Å². The van der Waals surface area contributed by atoms with Gasteiger partial charge in [0.1, 0.15) is 17.2 Å². The van der Waals surface area contributed by atoms with Crippen molar-refractivity contribution >= 4 is 22.3 Å². The lowest BCUT2D eigenvalue weighted by Crippen LogP contribution is -2.22. The number of Topliss-reactive ketones (excluding diaryl/α,β-unsaturated/α-hetero) is 2. The molecule has 25 heavy (non-hydrogen) atoms. The average Bonchev–Trinajstić information content (AvgIpc) is 2.58. The van der Waals surface area contributed by atoms with E-state index in [1.165, 1.54) is 24.3 Å². The van der Waals surface area contributed by atoms with Gasteiger partial charge in [-0.3, -0.25) is 9.59 Å². The van der Waals surface area contributed by atoms with Crippen LogP contribution in [0.3, 0.4) is 0 Å². The molecule has 0 aromatic heterocycles. The Kier molecular flexibility index (Phi) is 2.94. The van der Waals surface area contributed by atoms with E-state index in [0.29, 0.717) is 33.0 Å². The molecule has 1 aliphatic rings. The first-order valence-corrected chi connectivity index (χ1v) is 7.73. The number of fused-ring (bicyclic) bond motifs is 5. The second-order valence-electron chi connectivity index (χ2n) is 6.24. The van der Waals surface area contributed by atoms with Gasteiger partial charge in [0.25, 0.3) is 0 Å². The number of carbonyl (C=O) groups excluding carboxylic acids is 2. The molecule has 0 bridgehead atoms. The number of benzene rings is 3. The summed E-state index contributed by atoms with van der Waals surface area (Å²) < 4.78 is 0. The van der Waals surface area contributed by atoms with Crippen LogP contribution in [-0.4, -0.2) is 26.9 Å². The fourth-order valence-electron chi connectivity index (χ4n) is 3.55. The molecule has 0 radical (unpaired) electrons. The summed E-state index contributed by atoms with van der Waals surface area (Å²) in [5.74, 6) is -1.51. The number of hydrogen-bond acceptors (Lipinski definition) is 5. The summed E-state index contributed by atoms with van der Waals surface area (Å²) in [4.78, 5) is 25.1. The molecule has 0 saturated heterocycles. The molecule has 3 N–H and O–H groups in total. The molecule has 124 valence electrons. The lowest BCUT2D eigenvalue weighted by atomic mass is 9.78. The molecule has 0 heterocycles. The fourth-order valence-corrected chi connectivity index (χ4v) is 3.55. The first kappa shape index (κ1) is 15.2. The fraction of sp³-hybridized carbons (Fsp3) is 0.100. The van der Waals surface area contributed by atoms with Crippen molar-refractivity contribution in [3.8, 4) is 28.4 Å². The normalized spacial score (nSPS) is 13.0. The molecule has 0 saturated carbocycles. The van der Waals surface area contributed by atoms with Gasteiger partial charge in [-0.15, -0.1) is 0 Å². The predicted octanol–water partition coefficient (Wildman–Crippen LogP) is 3.62.